The Labute approximate surface area is 124 Å². The van der Waals surface area contributed by atoms with Crippen molar-refractivity contribution >= 4 is 39.4 Å². The van der Waals surface area contributed by atoms with E-state index >= 15 is 0 Å². The first-order valence-electron chi connectivity index (χ1n) is 5.55. The molecule has 2 rings (SSSR count). The van der Waals surface area contributed by atoms with Gasteiger partial charge >= 0.3 is 6.03 Å². The summed E-state index contributed by atoms with van der Waals surface area (Å²) in [4.78, 5) is 15.7. The van der Waals surface area contributed by atoms with Crippen LogP contribution < -0.4 is 10.6 Å². The fourth-order valence-corrected chi connectivity index (χ4v) is 1.86. The van der Waals surface area contributed by atoms with E-state index in [1.807, 2.05) is 18.2 Å². The average molecular weight is 341 g/mol. The van der Waals surface area contributed by atoms with E-state index in [4.69, 9.17) is 11.6 Å². The number of carbonyl (C=O) groups is 1. The summed E-state index contributed by atoms with van der Waals surface area (Å²) in [5.41, 5.74) is 0.864. The third-order valence-corrected chi connectivity index (χ3v) is 3.20. The Morgan fingerprint density at radius 1 is 1.26 bits per heavy atom. The number of amides is 2. The molecule has 0 unspecified atom stereocenters. The van der Waals surface area contributed by atoms with Crippen LogP contribution in [0.4, 0.5) is 10.6 Å². The van der Waals surface area contributed by atoms with Crippen LogP contribution in [0.3, 0.4) is 0 Å². The number of nitrogens with zero attached hydrogens (tertiary/aromatic N) is 1. The summed E-state index contributed by atoms with van der Waals surface area (Å²) >= 11 is 9.27. The van der Waals surface area contributed by atoms with E-state index in [1.165, 1.54) is 0 Å². The molecule has 0 aliphatic heterocycles. The van der Waals surface area contributed by atoms with E-state index in [1.54, 1.807) is 24.4 Å². The van der Waals surface area contributed by atoms with Crippen molar-refractivity contribution in [2.75, 3.05) is 5.32 Å². The molecule has 0 radical (unpaired) electrons. The Kier molecular flexibility index (Phi) is 4.76. The minimum absolute atomic E-state index is 0.324. The number of pyridine rings is 1. The maximum absolute atomic E-state index is 11.7. The van der Waals surface area contributed by atoms with Crippen LogP contribution in [0.5, 0.6) is 0 Å². The Morgan fingerprint density at radius 3 is 2.74 bits per heavy atom. The molecule has 0 saturated heterocycles. The van der Waals surface area contributed by atoms with Gasteiger partial charge in [-0.3, -0.25) is 5.32 Å². The van der Waals surface area contributed by atoms with Gasteiger partial charge in [0.15, 0.2) is 0 Å². The van der Waals surface area contributed by atoms with Crippen molar-refractivity contribution in [1.82, 2.24) is 10.3 Å². The van der Waals surface area contributed by atoms with Crippen LogP contribution in [-0.4, -0.2) is 11.0 Å². The van der Waals surface area contributed by atoms with Gasteiger partial charge in [0.2, 0.25) is 0 Å². The highest BCUT2D eigenvalue weighted by Gasteiger charge is 2.04. The largest absolute Gasteiger partial charge is 0.334 e. The van der Waals surface area contributed by atoms with Crippen molar-refractivity contribution < 1.29 is 4.79 Å². The van der Waals surface area contributed by atoms with Crippen molar-refractivity contribution in [3.63, 3.8) is 0 Å². The van der Waals surface area contributed by atoms with Gasteiger partial charge in [-0.2, -0.15) is 0 Å². The second kappa shape index (κ2) is 6.54. The van der Waals surface area contributed by atoms with Gasteiger partial charge in [0, 0.05) is 22.2 Å². The zero-order chi connectivity index (χ0) is 13.7. The monoisotopic (exact) mass is 339 g/mol. The Balaban J connectivity index is 1.88. The summed E-state index contributed by atoms with van der Waals surface area (Å²) < 4.78 is 0.856. The second-order valence-corrected chi connectivity index (χ2v) is 5.08. The van der Waals surface area contributed by atoms with Crippen LogP contribution in [0.1, 0.15) is 5.56 Å². The van der Waals surface area contributed by atoms with Crippen molar-refractivity contribution in [2.24, 2.45) is 0 Å². The molecule has 6 heteroatoms. The lowest BCUT2D eigenvalue weighted by Gasteiger charge is -2.08. The van der Waals surface area contributed by atoms with Gasteiger partial charge in [-0.05, 0) is 39.7 Å². The van der Waals surface area contributed by atoms with E-state index < -0.39 is 0 Å². The molecular formula is C13H11BrClN3O. The number of anilines is 1. The summed E-state index contributed by atoms with van der Waals surface area (Å²) in [6.07, 6.45) is 1.61. The number of hydrogen-bond donors (Lipinski definition) is 2. The molecule has 0 spiro atoms. The molecule has 4 nitrogen and oxygen atoms in total. The number of aromatic nitrogens is 1. The first-order chi connectivity index (χ1) is 9.15. The van der Waals surface area contributed by atoms with Crippen LogP contribution in [0.25, 0.3) is 0 Å². The maximum Gasteiger partial charge on any atom is 0.320 e. The van der Waals surface area contributed by atoms with Gasteiger partial charge in [0.05, 0.1) is 0 Å². The Hall–Kier alpha value is -1.59. The minimum atomic E-state index is -0.324. The lowest BCUT2D eigenvalue weighted by Crippen LogP contribution is -2.28. The third kappa shape index (κ3) is 4.22. The number of urea groups is 1. The van der Waals surface area contributed by atoms with Crippen LogP contribution in [-0.2, 0) is 6.54 Å². The molecule has 2 amide bonds. The smallest absolute Gasteiger partial charge is 0.320 e. The molecule has 0 saturated carbocycles. The van der Waals surface area contributed by atoms with Gasteiger partial charge in [-0.15, -0.1) is 0 Å². The summed E-state index contributed by atoms with van der Waals surface area (Å²) in [6.45, 7) is 0.363. The number of halogens is 2. The number of hydrogen-bond acceptors (Lipinski definition) is 2. The summed E-state index contributed by atoms with van der Waals surface area (Å²) in [5.74, 6) is 0.486. The van der Waals surface area contributed by atoms with Crippen LogP contribution in [0.15, 0.2) is 47.1 Å². The minimum Gasteiger partial charge on any atom is -0.334 e. The van der Waals surface area contributed by atoms with Crippen LogP contribution >= 0.6 is 27.5 Å². The van der Waals surface area contributed by atoms with E-state index in [0.29, 0.717) is 17.4 Å². The third-order valence-electron chi connectivity index (χ3n) is 2.37. The SMILES string of the molecule is O=C(NCc1ccccc1Cl)Nc1ccc(Br)cn1. The molecule has 19 heavy (non-hydrogen) atoms. The molecule has 0 aliphatic rings. The highest BCUT2D eigenvalue weighted by Crippen LogP contribution is 2.14. The zero-order valence-electron chi connectivity index (χ0n) is 9.86. The Bertz CT molecular complexity index is 574. The molecule has 0 aliphatic carbocycles. The predicted octanol–water partition coefficient (Wildman–Crippen LogP) is 3.82. The molecule has 1 aromatic carbocycles. The van der Waals surface area contributed by atoms with Gasteiger partial charge in [0.25, 0.3) is 0 Å². The van der Waals surface area contributed by atoms with Gasteiger partial charge in [-0.1, -0.05) is 29.8 Å². The maximum atomic E-state index is 11.7. The number of rotatable bonds is 3. The highest BCUT2D eigenvalue weighted by atomic mass is 79.9. The standard InChI is InChI=1S/C13H11BrClN3O/c14-10-5-6-12(16-8-10)18-13(19)17-7-9-3-1-2-4-11(9)15/h1-6,8H,7H2,(H2,16,17,18,19). The topological polar surface area (TPSA) is 54.0 Å². The van der Waals surface area contributed by atoms with Crippen molar-refractivity contribution in [1.29, 1.82) is 0 Å². The van der Waals surface area contributed by atoms with E-state index in [9.17, 15) is 4.79 Å². The van der Waals surface area contributed by atoms with E-state index in [-0.39, 0.29) is 6.03 Å². The zero-order valence-corrected chi connectivity index (χ0v) is 12.2. The molecule has 0 bridgehead atoms. The van der Waals surface area contributed by atoms with Gasteiger partial charge in [-0.25, -0.2) is 9.78 Å². The quantitative estimate of drug-likeness (QED) is 0.892. The molecule has 1 heterocycles. The van der Waals surface area contributed by atoms with E-state index in [2.05, 4.69) is 31.5 Å². The lowest BCUT2D eigenvalue weighted by molar-refractivity contribution is 0.251. The normalized spacial score (nSPS) is 10.0. The average Bonchev–Trinajstić information content (AvgIpc) is 2.40. The fourth-order valence-electron chi connectivity index (χ4n) is 1.43. The summed E-state index contributed by atoms with van der Waals surface area (Å²) in [5, 5.41) is 5.98. The predicted molar refractivity (Wildman–Crippen MR) is 79.2 cm³/mol. The number of benzene rings is 1. The van der Waals surface area contributed by atoms with Crippen LogP contribution in [0.2, 0.25) is 5.02 Å². The van der Waals surface area contributed by atoms with Crippen molar-refractivity contribution in [3.05, 3.63) is 57.7 Å². The molecule has 2 N–H and O–H groups in total. The molecule has 0 fully saturated rings. The number of nitrogens with one attached hydrogen (secondary N) is 2. The van der Waals surface area contributed by atoms with E-state index in [0.717, 1.165) is 10.0 Å². The molecule has 1 aromatic heterocycles. The van der Waals surface area contributed by atoms with Crippen molar-refractivity contribution in [2.45, 2.75) is 6.54 Å². The number of carbonyl (C=O) groups excluding carboxylic acids is 1. The lowest BCUT2D eigenvalue weighted by atomic mass is 10.2. The molecule has 98 valence electrons. The summed E-state index contributed by atoms with van der Waals surface area (Å²) in [7, 11) is 0. The Morgan fingerprint density at radius 2 is 2.05 bits per heavy atom. The first-order valence-corrected chi connectivity index (χ1v) is 6.72. The first kappa shape index (κ1) is 13.8. The second-order valence-electron chi connectivity index (χ2n) is 3.76. The molecule has 2 aromatic rings. The van der Waals surface area contributed by atoms with Gasteiger partial charge in [0.1, 0.15) is 5.82 Å². The van der Waals surface area contributed by atoms with Gasteiger partial charge < -0.3 is 5.32 Å². The highest BCUT2D eigenvalue weighted by molar-refractivity contribution is 9.10. The summed E-state index contributed by atoms with van der Waals surface area (Å²) in [6, 6.07) is 10.5. The molecular weight excluding hydrogens is 330 g/mol. The fraction of sp³-hybridized carbons (Fsp3) is 0.0769. The van der Waals surface area contributed by atoms with Crippen molar-refractivity contribution in [3.8, 4) is 0 Å². The van der Waals surface area contributed by atoms with Crippen LogP contribution in [0, 0.1) is 0 Å². The molecule has 0 atom stereocenters.